The summed E-state index contributed by atoms with van der Waals surface area (Å²) in [6, 6.07) is 1.41. The van der Waals surface area contributed by atoms with Crippen LogP contribution in [0.4, 0.5) is 0 Å². The highest BCUT2D eigenvalue weighted by atomic mass is 16.4. The Morgan fingerprint density at radius 1 is 1.73 bits per heavy atom. The minimum absolute atomic E-state index is 0.0839. The Bertz CT molecular complexity index is 373. The summed E-state index contributed by atoms with van der Waals surface area (Å²) in [7, 11) is 0. The van der Waals surface area contributed by atoms with Crippen molar-refractivity contribution in [3.8, 4) is 0 Å². The number of aromatic amines is 1. The van der Waals surface area contributed by atoms with Gasteiger partial charge in [0.1, 0.15) is 12.0 Å². The largest absolute Gasteiger partial charge is 0.477 e. The fourth-order valence-corrected chi connectivity index (χ4v) is 0.820. The van der Waals surface area contributed by atoms with Gasteiger partial charge in [0, 0.05) is 6.07 Å². The zero-order chi connectivity index (χ0) is 7.84. The van der Waals surface area contributed by atoms with Gasteiger partial charge in [-0.3, -0.25) is 5.10 Å². The van der Waals surface area contributed by atoms with Crippen molar-refractivity contribution in [2.24, 2.45) is 0 Å². The molecular formula is C5H4N4O2. The Labute approximate surface area is 60.5 Å². The van der Waals surface area contributed by atoms with E-state index in [-0.39, 0.29) is 5.69 Å². The Morgan fingerprint density at radius 2 is 2.55 bits per heavy atom. The molecule has 2 heterocycles. The van der Waals surface area contributed by atoms with Gasteiger partial charge in [-0.05, 0) is 0 Å². The molecule has 0 radical (unpaired) electrons. The molecule has 0 amide bonds. The van der Waals surface area contributed by atoms with Crippen LogP contribution in [0.1, 0.15) is 10.5 Å². The fraction of sp³-hybridized carbons (Fsp3) is 0. The molecule has 6 heteroatoms. The van der Waals surface area contributed by atoms with E-state index in [4.69, 9.17) is 5.11 Å². The third-order valence-corrected chi connectivity index (χ3v) is 1.30. The summed E-state index contributed by atoms with van der Waals surface area (Å²) in [6.45, 7) is 0. The van der Waals surface area contributed by atoms with Crippen LogP contribution in [-0.4, -0.2) is 30.9 Å². The second-order valence-corrected chi connectivity index (χ2v) is 2.01. The third-order valence-electron chi connectivity index (χ3n) is 1.30. The predicted octanol–water partition coefficient (Wildman–Crippen LogP) is -0.244. The highest BCUT2D eigenvalue weighted by Gasteiger charge is 2.07. The smallest absolute Gasteiger partial charge is 0.353 e. The molecule has 0 saturated heterocycles. The van der Waals surface area contributed by atoms with Gasteiger partial charge in [-0.1, -0.05) is 0 Å². The normalized spacial score (nSPS) is 10.5. The van der Waals surface area contributed by atoms with Gasteiger partial charge in [-0.25, -0.2) is 9.78 Å². The number of H-pyrrole nitrogens is 1. The number of rotatable bonds is 1. The first-order chi connectivity index (χ1) is 5.27. The van der Waals surface area contributed by atoms with Crippen LogP contribution in [0.15, 0.2) is 12.4 Å². The van der Waals surface area contributed by atoms with Crippen molar-refractivity contribution in [2.75, 3.05) is 0 Å². The molecule has 11 heavy (non-hydrogen) atoms. The van der Waals surface area contributed by atoms with Crippen molar-refractivity contribution in [3.05, 3.63) is 18.1 Å². The van der Waals surface area contributed by atoms with Crippen molar-refractivity contribution in [2.45, 2.75) is 0 Å². The molecule has 0 unspecified atom stereocenters. The summed E-state index contributed by atoms with van der Waals surface area (Å²) in [5.74, 6) is -1.02. The summed E-state index contributed by atoms with van der Waals surface area (Å²) < 4.78 is 1.30. The number of hydrogen-bond donors (Lipinski definition) is 2. The standard InChI is InChI=1S/C5H4N4O2/c10-5(11)3-1-4-6-2-7-9(4)8-3/h1-2,8H,(H,10,11). The van der Waals surface area contributed by atoms with Gasteiger partial charge >= 0.3 is 5.97 Å². The number of carboxylic acid groups (broad SMARTS) is 1. The summed E-state index contributed by atoms with van der Waals surface area (Å²) in [4.78, 5) is 14.1. The molecule has 0 aromatic carbocycles. The number of hydrogen-bond acceptors (Lipinski definition) is 3. The van der Waals surface area contributed by atoms with Gasteiger partial charge in [0.05, 0.1) is 0 Å². The molecule has 0 spiro atoms. The molecule has 6 nitrogen and oxygen atoms in total. The second-order valence-electron chi connectivity index (χ2n) is 2.01. The second kappa shape index (κ2) is 1.82. The number of aromatic nitrogens is 4. The van der Waals surface area contributed by atoms with Crippen molar-refractivity contribution < 1.29 is 9.90 Å². The molecule has 0 fully saturated rings. The Kier molecular flexibility index (Phi) is 0.974. The number of nitrogens with one attached hydrogen (secondary N) is 1. The van der Waals surface area contributed by atoms with Crippen molar-refractivity contribution in [1.82, 2.24) is 19.8 Å². The van der Waals surface area contributed by atoms with Crippen LogP contribution in [0, 0.1) is 0 Å². The van der Waals surface area contributed by atoms with Gasteiger partial charge in [0.25, 0.3) is 0 Å². The number of aromatic carboxylic acids is 1. The van der Waals surface area contributed by atoms with E-state index in [1.54, 1.807) is 0 Å². The molecule has 2 aromatic heterocycles. The monoisotopic (exact) mass is 152 g/mol. The van der Waals surface area contributed by atoms with Crippen LogP contribution < -0.4 is 0 Å². The van der Waals surface area contributed by atoms with E-state index in [0.29, 0.717) is 5.65 Å². The van der Waals surface area contributed by atoms with E-state index in [0.717, 1.165) is 0 Å². The van der Waals surface area contributed by atoms with Crippen LogP contribution in [0.3, 0.4) is 0 Å². The summed E-state index contributed by atoms with van der Waals surface area (Å²) in [5, 5.41) is 14.7. The zero-order valence-electron chi connectivity index (χ0n) is 5.35. The van der Waals surface area contributed by atoms with Crippen LogP contribution in [-0.2, 0) is 0 Å². The zero-order valence-corrected chi connectivity index (χ0v) is 5.35. The third kappa shape index (κ3) is 0.759. The summed E-state index contributed by atoms with van der Waals surface area (Å²) in [5.41, 5.74) is 0.586. The van der Waals surface area contributed by atoms with E-state index in [9.17, 15) is 4.79 Å². The molecule has 2 N–H and O–H groups in total. The molecule has 0 aliphatic rings. The van der Waals surface area contributed by atoms with Gasteiger partial charge in [-0.15, -0.1) is 5.10 Å². The molecule has 2 rings (SSSR count). The maximum Gasteiger partial charge on any atom is 0.353 e. The maximum absolute atomic E-state index is 10.4. The van der Waals surface area contributed by atoms with Gasteiger partial charge in [-0.2, -0.15) is 4.63 Å². The predicted molar refractivity (Wildman–Crippen MR) is 34.3 cm³/mol. The first kappa shape index (κ1) is 5.90. The molecule has 0 aliphatic heterocycles. The number of fused-ring (bicyclic) bond motifs is 1. The van der Waals surface area contributed by atoms with Gasteiger partial charge < -0.3 is 5.11 Å². The van der Waals surface area contributed by atoms with E-state index < -0.39 is 5.97 Å². The molecule has 0 bridgehead atoms. The number of carboxylic acids is 1. The molecular weight excluding hydrogens is 148 g/mol. The molecule has 0 saturated carbocycles. The molecule has 2 aromatic rings. The highest BCUT2D eigenvalue weighted by molar-refractivity contribution is 5.86. The average Bonchev–Trinajstić information content (AvgIpc) is 2.40. The van der Waals surface area contributed by atoms with E-state index >= 15 is 0 Å². The topological polar surface area (TPSA) is 83.3 Å². The van der Waals surface area contributed by atoms with Crippen molar-refractivity contribution >= 4 is 11.6 Å². The number of carbonyl (C=O) groups is 1. The van der Waals surface area contributed by atoms with E-state index in [1.807, 2.05) is 0 Å². The van der Waals surface area contributed by atoms with Crippen molar-refractivity contribution in [3.63, 3.8) is 0 Å². The number of nitrogens with zero attached hydrogens (tertiary/aromatic N) is 3. The van der Waals surface area contributed by atoms with Crippen LogP contribution in [0.25, 0.3) is 5.65 Å². The quantitative estimate of drug-likeness (QED) is 0.590. The van der Waals surface area contributed by atoms with Crippen molar-refractivity contribution in [1.29, 1.82) is 0 Å². The van der Waals surface area contributed by atoms with Crippen LogP contribution in [0.2, 0.25) is 0 Å². The average molecular weight is 152 g/mol. The fourth-order valence-electron chi connectivity index (χ4n) is 0.820. The lowest BCUT2D eigenvalue weighted by molar-refractivity contribution is 0.0690. The van der Waals surface area contributed by atoms with E-state index in [1.165, 1.54) is 17.0 Å². The highest BCUT2D eigenvalue weighted by Crippen LogP contribution is 2.00. The maximum atomic E-state index is 10.4. The molecule has 0 aliphatic carbocycles. The molecule has 56 valence electrons. The Hall–Kier alpha value is -1.85. The SMILES string of the molecule is O=C(O)c1cc2ncnn2[nH]1. The lowest BCUT2D eigenvalue weighted by Gasteiger charge is -1.82. The minimum Gasteiger partial charge on any atom is -0.477 e. The lowest BCUT2D eigenvalue weighted by atomic mass is 10.4. The first-order valence-corrected chi connectivity index (χ1v) is 2.89. The first-order valence-electron chi connectivity index (χ1n) is 2.89. The summed E-state index contributed by atoms with van der Waals surface area (Å²) >= 11 is 0. The van der Waals surface area contributed by atoms with Crippen LogP contribution >= 0.6 is 0 Å². The minimum atomic E-state index is -1.02. The summed E-state index contributed by atoms with van der Waals surface area (Å²) in [6.07, 6.45) is 1.34. The molecule has 0 atom stereocenters. The Morgan fingerprint density at radius 3 is 3.18 bits per heavy atom. The van der Waals surface area contributed by atoms with Crippen LogP contribution in [0.5, 0.6) is 0 Å². The lowest BCUT2D eigenvalue weighted by Crippen LogP contribution is -1.97. The van der Waals surface area contributed by atoms with Gasteiger partial charge in [0.15, 0.2) is 5.65 Å². The Balaban J connectivity index is 2.67. The van der Waals surface area contributed by atoms with Gasteiger partial charge in [0.2, 0.25) is 0 Å². The van der Waals surface area contributed by atoms with E-state index in [2.05, 4.69) is 15.2 Å².